The maximum Gasteiger partial charge on any atom is 0.111 e. The van der Waals surface area contributed by atoms with Crippen LogP contribution in [0.15, 0.2) is 47.6 Å². The Morgan fingerprint density at radius 2 is 1.80 bits per heavy atom. The summed E-state index contributed by atoms with van der Waals surface area (Å²) in [5, 5.41) is 50.0. The van der Waals surface area contributed by atoms with Gasteiger partial charge in [-0.3, -0.25) is 0 Å². The number of aliphatic hydroxyl groups is 4. The number of allylic oxidation sites excluding steroid dienone is 3. The van der Waals surface area contributed by atoms with Gasteiger partial charge >= 0.3 is 0 Å². The number of nitrogens with zero attached hydrogens (tertiary/aromatic N) is 1. The summed E-state index contributed by atoms with van der Waals surface area (Å²) in [4.78, 5) is 0. The minimum absolute atomic E-state index is 0.458. The first-order valence-corrected chi connectivity index (χ1v) is 10.6. The van der Waals surface area contributed by atoms with E-state index in [1.807, 2.05) is 13.0 Å². The Hall–Kier alpha value is -2.01. The van der Waals surface area contributed by atoms with Crippen molar-refractivity contribution in [1.82, 2.24) is 0 Å². The summed E-state index contributed by atoms with van der Waals surface area (Å²) >= 11 is 0. The van der Waals surface area contributed by atoms with Crippen LogP contribution in [0.1, 0.15) is 43.2 Å². The molecule has 0 bridgehead atoms. The van der Waals surface area contributed by atoms with Gasteiger partial charge in [-0.1, -0.05) is 37.3 Å². The second-order valence-corrected chi connectivity index (χ2v) is 9.09. The van der Waals surface area contributed by atoms with Crippen molar-refractivity contribution in [3.8, 4) is 6.07 Å². The van der Waals surface area contributed by atoms with Crippen molar-refractivity contribution in [2.24, 2.45) is 5.41 Å². The molecular weight excluding hydrogens is 382 g/mol. The lowest BCUT2D eigenvalue weighted by atomic mass is 9.69. The van der Waals surface area contributed by atoms with E-state index in [2.05, 4.69) is 30.3 Å². The average molecular weight is 411 g/mol. The number of rotatable bonds is 5. The monoisotopic (exact) mass is 411 g/mol. The molecule has 1 aromatic rings. The van der Waals surface area contributed by atoms with Gasteiger partial charge in [0, 0.05) is 5.41 Å². The summed E-state index contributed by atoms with van der Waals surface area (Å²) in [6, 6.07) is 10.8. The smallest absolute Gasteiger partial charge is 0.111 e. The fourth-order valence-corrected chi connectivity index (χ4v) is 4.69. The summed E-state index contributed by atoms with van der Waals surface area (Å²) in [6.45, 7) is 1.45. The van der Waals surface area contributed by atoms with Gasteiger partial charge in [0.25, 0.3) is 0 Å². The highest BCUT2D eigenvalue weighted by Gasteiger charge is 2.50. The summed E-state index contributed by atoms with van der Waals surface area (Å²) in [6.07, 6.45) is 1.31. The number of nitriles is 1. The van der Waals surface area contributed by atoms with Crippen LogP contribution in [0.4, 0.5) is 0 Å². The van der Waals surface area contributed by atoms with Gasteiger partial charge < -0.3 is 25.2 Å². The van der Waals surface area contributed by atoms with Crippen LogP contribution in [0, 0.1) is 16.7 Å². The standard InChI is InChI=1S/C24H29NO5/c1-24(23-22(29)21(28)20(27)19(13-26)30-23)9-8-17(12-25)18(11-24)10-14-2-4-15(5-3-14)16-6-7-16/h2-5,8-9,16,19-23,26-29H,6-7,10-11,13H2,1H3/t19-,20-,21?,22-,23-,24?/m1/s1. The Morgan fingerprint density at radius 1 is 1.10 bits per heavy atom. The van der Waals surface area contributed by atoms with Gasteiger partial charge in [0.2, 0.25) is 0 Å². The summed E-state index contributed by atoms with van der Waals surface area (Å²) in [5.74, 6) is 0.694. The first-order chi connectivity index (χ1) is 14.4. The van der Waals surface area contributed by atoms with Crippen molar-refractivity contribution in [3.05, 3.63) is 58.7 Å². The van der Waals surface area contributed by atoms with Crippen molar-refractivity contribution < 1.29 is 25.2 Å². The average Bonchev–Trinajstić information content (AvgIpc) is 3.58. The molecule has 0 amide bonds. The molecule has 160 valence electrons. The van der Waals surface area contributed by atoms with E-state index in [0.717, 1.165) is 11.1 Å². The maximum absolute atomic E-state index is 10.6. The van der Waals surface area contributed by atoms with Gasteiger partial charge in [0.05, 0.1) is 24.4 Å². The topological polar surface area (TPSA) is 114 Å². The van der Waals surface area contributed by atoms with E-state index in [4.69, 9.17) is 4.74 Å². The lowest BCUT2D eigenvalue weighted by molar-refractivity contribution is -0.249. The molecule has 30 heavy (non-hydrogen) atoms. The maximum atomic E-state index is 10.6. The Labute approximate surface area is 176 Å². The van der Waals surface area contributed by atoms with Gasteiger partial charge in [0.1, 0.15) is 24.4 Å². The van der Waals surface area contributed by atoms with Crippen LogP contribution in [0.3, 0.4) is 0 Å². The predicted octanol–water partition coefficient (Wildman–Crippen LogP) is 1.74. The number of ether oxygens (including phenoxy) is 1. The van der Waals surface area contributed by atoms with E-state index in [-0.39, 0.29) is 0 Å². The normalized spacial score (nSPS) is 36.6. The zero-order valence-corrected chi connectivity index (χ0v) is 17.1. The van der Waals surface area contributed by atoms with Crippen molar-refractivity contribution in [2.75, 3.05) is 6.61 Å². The number of hydrogen-bond donors (Lipinski definition) is 4. The lowest BCUT2D eigenvalue weighted by Crippen LogP contribution is -2.62. The van der Waals surface area contributed by atoms with E-state index in [0.29, 0.717) is 24.3 Å². The molecule has 6 heteroatoms. The predicted molar refractivity (Wildman–Crippen MR) is 110 cm³/mol. The second kappa shape index (κ2) is 8.26. The highest BCUT2D eigenvalue weighted by Crippen LogP contribution is 2.44. The van der Waals surface area contributed by atoms with Crippen molar-refractivity contribution in [3.63, 3.8) is 0 Å². The molecule has 2 unspecified atom stereocenters. The highest BCUT2D eigenvalue weighted by atomic mass is 16.5. The molecule has 1 aliphatic heterocycles. The summed E-state index contributed by atoms with van der Waals surface area (Å²) in [5.41, 5.74) is 3.33. The molecule has 4 N–H and O–H groups in total. The quantitative estimate of drug-likeness (QED) is 0.587. The molecule has 1 aromatic carbocycles. The lowest BCUT2D eigenvalue weighted by Gasteiger charge is -2.48. The van der Waals surface area contributed by atoms with E-state index < -0.39 is 42.5 Å². The van der Waals surface area contributed by atoms with Crippen LogP contribution < -0.4 is 0 Å². The van der Waals surface area contributed by atoms with Gasteiger partial charge in [0.15, 0.2) is 0 Å². The molecule has 0 aromatic heterocycles. The first kappa shape index (κ1) is 21.2. The third-order valence-corrected chi connectivity index (χ3v) is 6.71. The zero-order valence-electron chi connectivity index (χ0n) is 17.1. The van der Waals surface area contributed by atoms with E-state index >= 15 is 0 Å². The third-order valence-electron chi connectivity index (χ3n) is 6.71. The van der Waals surface area contributed by atoms with Crippen LogP contribution >= 0.6 is 0 Å². The molecule has 2 fully saturated rings. The van der Waals surface area contributed by atoms with Crippen LogP contribution in [-0.2, 0) is 11.2 Å². The zero-order chi connectivity index (χ0) is 21.5. The van der Waals surface area contributed by atoms with Crippen LogP contribution in [0.5, 0.6) is 0 Å². The van der Waals surface area contributed by atoms with Gasteiger partial charge in [-0.2, -0.15) is 5.26 Å². The first-order valence-electron chi connectivity index (χ1n) is 10.6. The molecule has 1 heterocycles. The molecule has 4 rings (SSSR count). The van der Waals surface area contributed by atoms with E-state index in [1.165, 1.54) is 18.4 Å². The van der Waals surface area contributed by atoms with E-state index in [9.17, 15) is 25.7 Å². The van der Waals surface area contributed by atoms with Crippen LogP contribution in [0.25, 0.3) is 0 Å². The Morgan fingerprint density at radius 3 is 2.40 bits per heavy atom. The molecule has 3 aliphatic rings. The molecule has 0 spiro atoms. The largest absolute Gasteiger partial charge is 0.394 e. The molecule has 1 saturated heterocycles. The molecule has 6 atom stereocenters. The fourth-order valence-electron chi connectivity index (χ4n) is 4.69. The summed E-state index contributed by atoms with van der Waals surface area (Å²) < 4.78 is 5.82. The number of hydrogen-bond acceptors (Lipinski definition) is 6. The third kappa shape index (κ3) is 3.96. The Balaban J connectivity index is 1.55. The van der Waals surface area contributed by atoms with E-state index in [1.54, 1.807) is 6.08 Å². The number of benzene rings is 1. The Bertz CT molecular complexity index is 880. The molecule has 6 nitrogen and oxygen atoms in total. The van der Waals surface area contributed by atoms with Crippen molar-refractivity contribution in [1.29, 1.82) is 5.26 Å². The SMILES string of the molecule is CC1([C@@H]2O[C@H](CO)[C@@H](O)C(O)[C@H]2O)C=CC(C#N)=C(Cc2ccc(C3CC3)cc2)C1. The minimum atomic E-state index is -1.41. The van der Waals surface area contributed by atoms with Crippen molar-refractivity contribution in [2.45, 2.75) is 69.0 Å². The fraction of sp³-hybridized carbons (Fsp3) is 0.542. The van der Waals surface area contributed by atoms with Gasteiger partial charge in [-0.15, -0.1) is 0 Å². The number of aliphatic hydroxyl groups excluding tert-OH is 4. The minimum Gasteiger partial charge on any atom is -0.394 e. The summed E-state index contributed by atoms with van der Waals surface area (Å²) in [7, 11) is 0. The molecule has 0 radical (unpaired) electrons. The molecule has 2 aliphatic carbocycles. The Kier molecular flexibility index (Phi) is 5.84. The van der Waals surface area contributed by atoms with Crippen LogP contribution in [-0.4, -0.2) is 57.6 Å². The highest BCUT2D eigenvalue weighted by molar-refractivity contribution is 5.45. The molecular formula is C24H29NO5. The van der Waals surface area contributed by atoms with Gasteiger partial charge in [-0.05, 0) is 54.4 Å². The van der Waals surface area contributed by atoms with Gasteiger partial charge in [-0.25, -0.2) is 0 Å². The second-order valence-electron chi connectivity index (χ2n) is 9.09. The van der Waals surface area contributed by atoms with Crippen molar-refractivity contribution >= 4 is 0 Å². The van der Waals surface area contributed by atoms with Crippen LogP contribution in [0.2, 0.25) is 0 Å². The molecule has 1 saturated carbocycles.